The number of rotatable bonds is 9. The average molecular weight is 510 g/mol. The molecular formula is C27H47NO6Si. The normalized spacial score (nSPS) is 32.5. The van der Waals surface area contributed by atoms with Gasteiger partial charge in [0.15, 0.2) is 14.1 Å². The molecule has 7 nitrogen and oxygen atoms in total. The molecule has 0 spiro atoms. The Morgan fingerprint density at radius 1 is 1.11 bits per heavy atom. The fraction of sp³-hybridized carbons (Fsp3) is 0.889. The van der Waals surface area contributed by atoms with Gasteiger partial charge in [0.2, 0.25) is 0 Å². The van der Waals surface area contributed by atoms with Gasteiger partial charge in [-0.3, -0.25) is 9.59 Å². The van der Waals surface area contributed by atoms with E-state index in [1.165, 1.54) is 0 Å². The molecule has 1 amide bonds. The molecule has 3 bridgehead atoms. The number of carbonyl (C=O) groups is 3. The van der Waals surface area contributed by atoms with Gasteiger partial charge in [0, 0.05) is 18.4 Å². The predicted molar refractivity (Wildman–Crippen MR) is 138 cm³/mol. The van der Waals surface area contributed by atoms with E-state index in [-0.39, 0.29) is 30.2 Å². The third-order valence-electron chi connectivity index (χ3n) is 8.89. The van der Waals surface area contributed by atoms with E-state index in [4.69, 9.17) is 13.9 Å². The van der Waals surface area contributed by atoms with Gasteiger partial charge in [-0.1, -0.05) is 41.5 Å². The van der Waals surface area contributed by atoms with Crippen LogP contribution in [0.4, 0.5) is 4.79 Å². The lowest BCUT2D eigenvalue weighted by molar-refractivity contribution is -0.180. The summed E-state index contributed by atoms with van der Waals surface area (Å²) in [6, 6.07) is 0. The Morgan fingerprint density at radius 2 is 1.69 bits per heavy atom. The highest BCUT2D eigenvalue weighted by atomic mass is 28.4. The number of hydrogen-bond acceptors (Lipinski definition) is 6. The van der Waals surface area contributed by atoms with Crippen molar-refractivity contribution in [1.29, 1.82) is 0 Å². The Balaban J connectivity index is 1.82. The number of carbonyl (C=O) groups excluding carboxylic acids is 3. The molecule has 1 aliphatic heterocycles. The molecule has 35 heavy (non-hydrogen) atoms. The maximum atomic E-state index is 13.7. The molecule has 1 saturated heterocycles. The fourth-order valence-electron chi connectivity index (χ4n) is 7.57. The minimum absolute atomic E-state index is 0.0417. The molecule has 2 aliphatic carbocycles. The van der Waals surface area contributed by atoms with Gasteiger partial charge in [-0.25, -0.2) is 4.79 Å². The molecular weight excluding hydrogens is 462 g/mol. The first kappa shape index (κ1) is 28.2. The van der Waals surface area contributed by atoms with Crippen LogP contribution in [-0.4, -0.2) is 50.0 Å². The van der Waals surface area contributed by atoms with Crippen LogP contribution < -0.4 is 5.32 Å². The second-order valence-electron chi connectivity index (χ2n) is 13.2. The van der Waals surface area contributed by atoms with Crippen LogP contribution in [0.25, 0.3) is 0 Å². The van der Waals surface area contributed by atoms with E-state index in [0.717, 1.165) is 6.42 Å². The maximum Gasteiger partial charge on any atom is 0.408 e. The molecule has 5 atom stereocenters. The lowest BCUT2D eigenvalue weighted by Crippen LogP contribution is -2.64. The summed E-state index contributed by atoms with van der Waals surface area (Å²) in [5.74, 6) is -1.06. The summed E-state index contributed by atoms with van der Waals surface area (Å²) in [7, 11) is -2.00. The molecule has 8 heteroatoms. The van der Waals surface area contributed by atoms with Crippen molar-refractivity contribution in [3.05, 3.63) is 0 Å². The van der Waals surface area contributed by atoms with Gasteiger partial charge in [0.05, 0.1) is 5.41 Å². The molecule has 200 valence electrons. The molecule has 0 aromatic heterocycles. The third kappa shape index (κ3) is 4.69. The number of esters is 1. The zero-order valence-corrected chi connectivity index (χ0v) is 24.4. The van der Waals surface area contributed by atoms with Crippen LogP contribution in [0, 0.1) is 17.3 Å². The van der Waals surface area contributed by atoms with Crippen molar-refractivity contribution < 1.29 is 28.3 Å². The topological polar surface area (TPSA) is 90.9 Å². The van der Waals surface area contributed by atoms with Gasteiger partial charge < -0.3 is 19.2 Å². The van der Waals surface area contributed by atoms with E-state index >= 15 is 0 Å². The Hall–Kier alpha value is -1.41. The monoisotopic (exact) mass is 509 g/mol. The molecule has 5 unspecified atom stereocenters. The van der Waals surface area contributed by atoms with Gasteiger partial charge in [0.1, 0.15) is 17.2 Å². The smallest absolute Gasteiger partial charge is 0.408 e. The Bertz CT molecular complexity index is 827. The molecule has 3 rings (SSSR count). The molecule has 0 radical (unpaired) electrons. The number of Topliss-reactive ketones (excluding diaryl/α,β-unsaturated/α-hetero) is 1. The first-order valence-electron chi connectivity index (χ1n) is 13.4. The largest absolute Gasteiger partial charge is 0.462 e. The zero-order valence-electron chi connectivity index (χ0n) is 23.4. The van der Waals surface area contributed by atoms with Crippen LogP contribution in [0.5, 0.6) is 0 Å². The molecule has 2 saturated carbocycles. The number of fused-ring (bicyclic) bond motifs is 2. The van der Waals surface area contributed by atoms with Crippen LogP contribution in [0.2, 0.25) is 16.6 Å². The van der Waals surface area contributed by atoms with Crippen LogP contribution in [-0.2, 0) is 23.5 Å². The van der Waals surface area contributed by atoms with Crippen molar-refractivity contribution >= 4 is 26.2 Å². The SMILES string of the molecule is CC(C)[Si](OCCCC1C2CC3C(=O)C1(NC(=O)OC(C)(C)C)CC3(C)C(=O)O2)(C(C)C)C(C)C. The van der Waals surface area contributed by atoms with Crippen molar-refractivity contribution in [3.8, 4) is 0 Å². The molecule has 1 N–H and O–H groups in total. The summed E-state index contributed by atoms with van der Waals surface area (Å²) in [4.78, 5) is 39.5. The van der Waals surface area contributed by atoms with Gasteiger partial charge in [0.25, 0.3) is 0 Å². The van der Waals surface area contributed by atoms with E-state index in [1.807, 2.05) is 6.92 Å². The van der Waals surface area contributed by atoms with Crippen LogP contribution in [0.1, 0.15) is 94.9 Å². The van der Waals surface area contributed by atoms with Crippen LogP contribution in [0.15, 0.2) is 0 Å². The summed E-state index contributed by atoms with van der Waals surface area (Å²) in [6.45, 7) is 21.4. The molecule has 1 heterocycles. The average Bonchev–Trinajstić information content (AvgIpc) is 2.79. The number of alkyl carbamates (subject to hydrolysis) is 1. The molecule has 3 aliphatic rings. The standard InChI is InChI=1S/C27H47NO6Si/c1-16(2)35(17(3)4,18(5)6)32-13-11-12-19-21-14-20-22(29)27(19,15-26(20,10)23(30)33-21)28-24(31)34-25(7,8)9/h16-21H,11-15H2,1-10H3,(H,28,31). The van der Waals surface area contributed by atoms with E-state index in [0.29, 0.717) is 36.1 Å². The van der Waals surface area contributed by atoms with Gasteiger partial charge in [-0.05, 0) is 70.0 Å². The van der Waals surface area contributed by atoms with Crippen LogP contribution >= 0.6 is 0 Å². The highest BCUT2D eigenvalue weighted by Gasteiger charge is 2.73. The van der Waals surface area contributed by atoms with Gasteiger partial charge in [-0.2, -0.15) is 0 Å². The number of ether oxygens (including phenoxy) is 2. The second-order valence-corrected chi connectivity index (χ2v) is 18.7. The minimum atomic E-state index is -2.00. The van der Waals surface area contributed by atoms with E-state index < -0.39 is 36.9 Å². The van der Waals surface area contributed by atoms with Crippen molar-refractivity contribution in [3.63, 3.8) is 0 Å². The number of ketones is 1. The number of hydrogen-bond donors (Lipinski definition) is 1. The minimum Gasteiger partial charge on any atom is -0.462 e. The second kappa shape index (κ2) is 9.47. The molecule has 3 fully saturated rings. The first-order valence-corrected chi connectivity index (χ1v) is 15.6. The lowest BCUT2D eigenvalue weighted by atomic mass is 9.67. The summed E-state index contributed by atoms with van der Waals surface area (Å²) in [5, 5.41) is 2.96. The van der Waals surface area contributed by atoms with Crippen LogP contribution in [0.3, 0.4) is 0 Å². The van der Waals surface area contributed by atoms with Crippen molar-refractivity contribution in [2.24, 2.45) is 17.3 Å². The highest BCUT2D eigenvalue weighted by molar-refractivity contribution is 6.77. The Morgan fingerprint density at radius 3 is 2.20 bits per heavy atom. The van der Waals surface area contributed by atoms with E-state index in [1.54, 1.807) is 20.8 Å². The van der Waals surface area contributed by atoms with Crippen molar-refractivity contribution in [2.45, 2.75) is 129 Å². The Kier molecular flexibility index (Phi) is 7.62. The van der Waals surface area contributed by atoms with Gasteiger partial charge in [-0.15, -0.1) is 0 Å². The lowest BCUT2D eigenvalue weighted by Gasteiger charge is -2.46. The highest BCUT2D eigenvalue weighted by Crippen LogP contribution is 2.60. The third-order valence-corrected chi connectivity index (χ3v) is 15.0. The number of nitrogens with one attached hydrogen (secondary N) is 1. The summed E-state index contributed by atoms with van der Waals surface area (Å²) in [6.07, 6.45) is 1.20. The summed E-state index contributed by atoms with van der Waals surface area (Å²) in [5.41, 5.74) is -1.25. The fourth-order valence-corrected chi connectivity index (χ4v) is 13.1. The summed E-state index contributed by atoms with van der Waals surface area (Å²) < 4.78 is 18.2. The molecule has 0 aromatic rings. The number of amides is 1. The van der Waals surface area contributed by atoms with Gasteiger partial charge >= 0.3 is 12.1 Å². The quantitative estimate of drug-likeness (QED) is 0.241. The van der Waals surface area contributed by atoms with Crippen molar-refractivity contribution in [1.82, 2.24) is 5.32 Å². The zero-order chi connectivity index (χ0) is 26.6. The van der Waals surface area contributed by atoms with E-state index in [9.17, 15) is 14.4 Å². The summed E-state index contributed by atoms with van der Waals surface area (Å²) >= 11 is 0. The Labute approximate surface area is 212 Å². The predicted octanol–water partition coefficient (Wildman–Crippen LogP) is 5.76. The van der Waals surface area contributed by atoms with Crippen molar-refractivity contribution in [2.75, 3.05) is 6.61 Å². The maximum absolute atomic E-state index is 13.7. The molecule has 0 aromatic carbocycles. The first-order chi connectivity index (χ1) is 16.0. The van der Waals surface area contributed by atoms with E-state index in [2.05, 4.69) is 46.9 Å².